The molecule has 1 aliphatic rings. The number of hydrogen-bond acceptors (Lipinski definition) is 3. The van der Waals surface area contributed by atoms with Crippen molar-refractivity contribution in [3.63, 3.8) is 0 Å². The van der Waals surface area contributed by atoms with Crippen molar-refractivity contribution in [2.75, 3.05) is 13.7 Å². The third-order valence-electron chi connectivity index (χ3n) is 3.73. The number of rotatable bonds is 5. The summed E-state index contributed by atoms with van der Waals surface area (Å²) >= 11 is 0. The minimum absolute atomic E-state index is 0.151. The van der Waals surface area contributed by atoms with Gasteiger partial charge in [0, 0.05) is 25.1 Å². The molecule has 0 saturated carbocycles. The van der Waals surface area contributed by atoms with E-state index < -0.39 is 0 Å². The summed E-state index contributed by atoms with van der Waals surface area (Å²) in [5.74, 6) is 0.358. The van der Waals surface area contributed by atoms with Crippen LogP contribution in [0.1, 0.15) is 47.0 Å². The molecule has 1 aliphatic heterocycles. The number of carbonyl (C=O) groups is 1. The number of ether oxygens (including phenoxy) is 1. The van der Waals surface area contributed by atoms with Crippen LogP contribution in [0.3, 0.4) is 0 Å². The van der Waals surface area contributed by atoms with Crippen LogP contribution in [0.2, 0.25) is 0 Å². The van der Waals surface area contributed by atoms with E-state index in [9.17, 15) is 4.79 Å². The second-order valence-electron chi connectivity index (χ2n) is 6.15. The molecule has 3 atom stereocenters. The van der Waals surface area contributed by atoms with E-state index in [-0.39, 0.29) is 23.5 Å². The Bertz CT molecular complexity index is 279. The van der Waals surface area contributed by atoms with Crippen molar-refractivity contribution in [1.29, 1.82) is 0 Å². The molecule has 1 rings (SSSR count). The Morgan fingerprint density at radius 3 is 2.78 bits per heavy atom. The Labute approximate surface area is 111 Å². The van der Waals surface area contributed by atoms with Gasteiger partial charge in [0.05, 0.1) is 5.60 Å². The van der Waals surface area contributed by atoms with Crippen LogP contribution in [-0.2, 0) is 9.53 Å². The lowest BCUT2D eigenvalue weighted by Crippen LogP contribution is -2.46. The molecule has 1 saturated heterocycles. The average molecular weight is 256 g/mol. The zero-order valence-corrected chi connectivity index (χ0v) is 12.4. The van der Waals surface area contributed by atoms with E-state index in [4.69, 9.17) is 4.74 Å². The fourth-order valence-corrected chi connectivity index (χ4v) is 2.60. The fourth-order valence-electron chi connectivity index (χ4n) is 2.60. The van der Waals surface area contributed by atoms with E-state index >= 15 is 0 Å². The molecule has 0 aromatic carbocycles. The average Bonchev–Trinajstić information content (AvgIpc) is 2.28. The number of carbonyl (C=O) groups excluding carboxylic acids is 1. The summed E-state index contributed by atoms with van der Waals surface area (Å²) in [7, 11) is 1.71. The zero-order chi connectivity index (χ0) is 13.8. The number of methoxy groups -OCH3 is 1. The first kappa shape index (κ1) is 15.4. The molecule has 1 heterocycles. The van der Waals surface area contributed by atoms with E-state index in [1.807, 2.05) is 20.8 Å². The molecule has 1 unspecified atom stereocenters. The molecule has 0 spiro atoms. The topological polar surface area (TPSA) is 50.4 Å². The first-order valence-electron chi connectivity index (χ1n) is 6.93. The van der Waals surface area contributed by atoms with Crippen molar-refractivity contribution in [2.45, 2.75) is 64.6 Å². The highest BCUT2D eigenvalue weighted by atomic mass is 16.5. The molecule has 0 radical (unpaired) electrons. The standard InChI is InChI=1S/C14H28N2O2/c1-10-8-12(6-7-15-10)13(17)16-11(2)9-14(3,4)18-5/h10-12,15H,6-9H2,1-5H3,(H,16,17)/t10-,11?,12-/m0/s1. The Balaban J connectivity index is 2.39. The molecule has 0 aromatic heterocycles. The normalized spacial score (nSPS) is 26.7. The number of nitrogens with one attached hydrogen (secondary N) is 2. The second kappa shape index (κ2) is 6.53. The number of hydrogen-bond donors (Lipinski definition) is 2. The summed E-state index contributed by atoms with van der Waals surface area (Å²) in [5, 5.41) is 6.48. The first-order chi connectivity index (χ1) is 8.34. The van der Waals surface area contributed by atoms with Gasteiger partial charge < -0.3 is 15.4 Å². The summed E-state index contributed by atoms with van der Waals surface area (Å²) < 4.78 is 5.39. The first-order valence-corrected chi connectivity index (χ1v) is 6.93. The smallest absolute Gasteiger partial charge is 0.223 e. The van der Waals surface area contributed by atoms with Crippen LogP contribution in [0.15, 0.2) is 0 Å². The Morgan fingerprint density at radius 1 is 1.56 bits per heavy atom. The third-order valence-corrected chi connectivity index (χ3v) is 3.73. The highest BCUT2D eigenvalue weighted by molar-refractivity contribution is 5.79. The molecular formula is C14H28N2O2. The lowest BCUT2D eigenvalue weighted by atomic mass is 9.91. The minimum Gasteiger partial charge on any atom is -0.379 e. The van der Waals surface area contributed by atoms with E-state index in [0.29, 0.717) is 6.04 Å². The van der Waals surface area contributed by atoms with Crippen LogP contribution in [0.25, 0.3) is 0 Å². The van der Waals surface area contributed by atoms with Crippen LogP contribution in [0, 0.1) is 5.92 Å². The van der Waals surface area contributed by atoms with E-state index in [0.717, 1.165) is 25.8 Å². The second-order valence-corrected chi connectivity index (χ2v) is 6.15. The Hall–Kier alpha value is -0.610. The molecule has 2 N–H and O–H groups in total. The third kappa shape index (κ3) is 4.94. The van der Waals surface area contributed by atoms with E-state index in [1.54, 1.807) is 7.11 Å². The lowest BCUT2D eigenvalue weighted by molar-refractivity contribution is -0.127. The van der Waals surface area contributed by atoms with Gasteiger partial charge >= 0.3 is 0 Å². The fraction of sp³-hybridized carbons (Fsp3) is 0.929. The molecule has 1 amide bonds. The number of piperidine rings is 1. The van der Waals surface area contributed by atoms with E-state index in [1.165, 1.54) is 0 Å². The summed E-state index contributed by atoms with van der Waals surface area (Å²) in [6, 6.07) is 0.595. The maximum atomic E-state index is 12.1. The van der Waals surface area contributed by atoms with Gasteiger partial charge in [-0.3, -0.25) is 4.79 Å². The molecule has 18 heavy (non-hydrogen) atoms. The highest BCUT2D eigenvalue weighted by Gasteiger charge is 2.27. The summed E-state index contributed by atoms with van der Waals surface area (Å²) in [5.41, 5.74) is -0.186. The molecule has 4 heteroatoms. The van der Waals surface area contributed by atoms with Crippen LogP contribution < -0.4 is 10.6 Å². The molecule has 1 fully saturated rings. The van der Waals surface area contributed by atoms with E-state index in [2.05, 4.69) is 17.6 Å². The molecule has 0 aromatic rings. The monoisotopic (exact) mass is 256 g/mol. The van der Waals surface area contributed by atoms with Gasteiger partial charge in [-0.05, 0) is 53.5 Å². The van der Waals surface area contributed by atoms with Gasteiger partial charge in [-0.25, -0.2) is 0 Å². The van der Waals surface area contributed by atoms with Gasteiger partial charge in [-0.2, -0.15) is 0 Å². The van der Waals surface area contributed by atoms with Gasteiger partial charge in [0.25, 0.3) is 0 Å². The maximum absolute atomic E-state index is 12.1. The van der Waals surface area contributed by atoms with Crippen LogP contribution in [0.4, 0.5) is 0 Å². The van der Waals surface area contributed by atoms with Crippen molar-refractivity contribution in [2.24, 2.45) is 5.92 Å². The molecule has 106 valence electrons. The Kier molecular flexibility index (Phi) is 5.60. The molecular weight excluding hydrogens is 228 g/mol. The summed E-state index contributed by atoms with van der Waals surface area (Å²) in [6.07, 6.45) is 2.71. The quantitative estimate of drug-likeness (QED) is 0.787. The summed E-state index contributed by atoms with van der Waals surface area (Å²) in [4.78, 5) is 12.1. The highest BCUT2D eigenvalue weighted by Crippen LogP contribution is 2.18. The van der Waals surface area contributed by atoms with Crippen molar-refractivity contribution < 1.29 is 9.53 Å². The summed E-state index contributed by atoms with van der Waals surface area (Å²) in [6.45, 7) is 9.21. The van der Waals surface area contributed by atoms with Gasteiger partial charge in [-0.1, -0.05) is 0 Å². The maximum Gasteiger partial charge on any atom is 0.223 e. The predicted molar refractivity (Wildman–Crippen MR) is 73.5 cm³/mol. The van der Waals surface area contributed by atoms with Crippen molar-refractivity contribution in [3.05, 3.63) is 0 Å². The number of amides is 1. The van der Waals surface area contributed by atoms with Crippen LogP contribution in [0.5, 0.6) is 0 Å². The largest absolute Gasteiger partial charge is 0.379 e. The minimum atomic E-state index is -0.186. The molecule has 4 nitrogen and oxygen atoms in total. The lowest BCUT2D eigenvalue weighted by Gasteiger charge is -2.30. The molecule has 0 bridgehead atoms. The zero-order valence-electron chi connectivity index (χ0n) is 12.4. The van der Waals surface area contributed by atoms with Crippen LogP contribution in [-0.4, -0.2) is 37.2 Å². The van der Waals surface area contributed by atoms with Gasteiger partial charge in [0.1, 0.15) is 0 Å². The predicted octanol–water partition coefficient (Wildman–Crippen LogP) is 1.69. The van der Waals surface area contributed by atoms with Gasteiger partial charge in [-0.15, -0.1) is 0 Å². The van der Waals surface area contributed by atoms with Crippen molar-refractivity contribution >= 4 is 5.91 Å². The SMILES string of the molecule is COC(C)(C)CC(C)NC(=O)[C@H]1CCN[C@@H](C)C1. The Morgan fingerprint density at radius 2 is 2.22 bits per heavy atom. The van der Waals surface area contributed by atoms with Gasteiger partial charge in [0.15, 0.2) is 0 Å². The molecule has 0 aliphatic carbocycles. The van der Waals surface area contributed by atoms with Crippen LogP contribution >= 0.6 is 0 Å². The van der Waals surface area contributed by atoms with Crippen molar-refractivity contribution in [1.82, 2.24) is 10.6 Å². The van der Waals surface area contributed by atoms with Crippen molar-refractivity contribution in [3.8, 4) is 0 Å². The van der Waals surface area contributed by atoms with Gasteiger partial charge in [0.2, 0.25) is 5.91 Å².